The Labute approximate surface area is 129 Å². The van der Waals surface area contributed by atoms with Gasteiger partial charge in [0.15, 0.2) is 0 Å². The van der Waals surface area contributed by atoms with Crippen molar-refractivity contribution in [2.45, 2.75) is 57.6 Å². The van der Waals surface area contributed by atoms with Gasteiger partial charge in [0.1, 0.15) is 5.75 Å². The van der Waals surface area contributed by atoms with Crippen molar-refractivity contribution < 1.29 is 9.47 Å². The van der Waals surface area contributed by atoms with E-state index >= 15 is 0 Å². The Bertz CT molecular complexity index is 387. The first kappa shape index (κ1) is 16.3. The highest BCUT2D eigenvalue weighted by Gasteiger charge is 2.22. The summed E-state index contributed by atoms with van der Waals surface area (Å²) in [7, 11) is 1.70. The fraction of sp³-hybridized carbons (Fsp3) is 0.667. The Morgan fingerprint density at radius 2 is 1.90 bits per heavy atom. The van der Waals surface area contributed by atoms with E-state index < -0.39 is 0 Å². The van der Waals surface area contributed by atoms with Gasteiger partial charge in [-0.25, -0.2) is 0 Å². The largest absolute Gasteiger partial charge is 0.497 e. The molecular formula is C18H29NO2. The normalized spacial score (nSPS) is 15.9. The van der Waals surface area contributed by atoms with E-state index in [4.69, 9.17) is 9.47 Å². The molecule has 0 aromatic heterocycles. The molecule has 0 radical (unpaired) electrons. The molecule has 0 heterocycles. The van der Waals surface area contributed by atoms with Gasteiger partial charge in [-0.3, -0.25) is 0 Å². The standard InChI is InChI=1S/C18H29NO2/c1-3-4-5-6-13-21-18(14-19-16-9-10-16)15-7-11-17(20-2)12-8-15/h7-8,11-12,16,18-19H,3-6,9-10,13-14H2,1-2H3. The molecule has 1 unspecified atom stereocenters. The average molecular weight is 291 g/mol. The Morgan fingerprint density at radius 1 is 1.14 bits per heavy atom. The molecule has 118 valence electrons. The molecule has 21 heavy (non-hydrogen) atoms. The maximum Gasteiger partial charge on any atom is 0.118 e. The quantitative estimate of drug-likeness (QED) is 0.623. The third-order valence-electron chi connectivity index (χ3n) is 3.97. The van der Waals surface area contributed by atoms with Crippen LogP contribution in [0.4, 0.5) is 0 Å². The third-order valence-corrected chi connectivity index (χ3v) is 3.97. The molecular weight excluding hydrogens is 262 g/mol. The maximum atomic E-state index is 6.12. The van der Waals surface area contributed by atoms with Crippen molar-refractivity contribution in [2.75, 3.05) is 20.3 Å². The number of nitrogens with one attached hydrogen (secondary N) is 1. The van der Waals surface area contributed by atoms with E-state index in [-0.39, 0.29) is 6.10 Å². The van der Waals surface area contributed by atoms with Crippen molar-refractivity contribution in [1.82, 2.24) is 5.32 Å². The van der Waals surface area contributed by atoms with Crippen molar-refractivity contribution in [2.24, 2.45) is 0 Å². The van der Waals surface area contributed by atoms with Crippen LogP contribution in [0.15, 0.2) is 24.3 Å². The number of hydrogen-bond donors (Lipinski definition) is 1. The number of benzene rings is 1. The molecule has 0 aliphatic heterocycles. The Balaban J connectivity index is 1.83. The molecule has 1 fully saturated rings. The summed E-state index contributed by atoms with van der Waals surface area (Å²) < 4.78 is 11.3. The predicted octanol–water partition coefficient (Wildman–Crippen LogP) is 4.09. The monoisotopic (exact) mass is 291 g/mol. The predicted molar refractivity (Wildman–Crippen MR) is 86.9 cm³/mol. The highest BCUT2D eigenvalue weighted by atomic mass is 16.5. The van der Waals surface area contributed by atoms with Gasteiger partial charge in [0.2, 0.25) is 0 Å². The van der Waals surface area contributed by atoms with Gasteiger partial charge in [0, 0.05) is 19.2 Å². The number of unbranched alkanes of at least 4 members (excludes halogenated alkanes) is 3. The molecule has 1 atom stereocenters. The first-order valence-electron chi connectivity index (χ1n) is 8.32. The number of ether oxygens (including phenoxy) is 2. The first-order chi connectivity index (χ1) is 10.3. The second kappa shape index (κ2) is 9.06. The molecule has 0 bridgehead atoms. The van der Waals surface area contributed by atoms with E-state index in [0.717, 1.165) is 31.4 Å². The number of methoxy groups -OCH3 is 1. The second-order valence-corrected chi connectivity index (χ2v) is 5.88. The van der Waals surface area contributed by atoms with Crippen LogP contribution in [0.25, 0.3) is 0 Å². The van der Waals surface area contributed by atoms with E-state index in [1.807, 2.05) is 12.1 Å². The zero-order valence-corrected chi connectivity index (χ0v) is 13.4. The first-order valence-corrected chi connectivity index (χ1v) is 8.32. The maximum absolute atomic E-state index is 6.12. The van der Waals surface area contributed by atoms with E-state index in [1.165, 1.54) is 37.7 Å². The number of hydrogen-bond acceptors (Lipinski definition) is 3. The zero-order chi connectivity index (χ0) is 14.9. The van der Waals surface area contributed by atoms with Gasteiger partial charge in [0.05, 0.1) is 13.2 Å². The fourth-order valence-corrected chi connectivity index (χ4v) is 2.41. The van der Waals surface area contributed by atoms with Crippen molar-refractivity contribution in [1.29, 1.82) is 0 Å². The molecule has 3 nitrogen and oxygen atoms in total. The Hall–Kier alpha value is -1.06. The van der Waals surface area contributed by atoms with Crippen molar-refractivity contribution in [3.63, 3.8) is 0 Å². The van der Waals surface area contributed by atoms with Crippen LogP contribution in [0.3, 0.4) is 0 Å². The topological polar surface area (TPSA) is 30.5 Å². The van der Waals surface area contributed by atoms with Crippen molar-refractivity contribution in [3.05, 3.63) is 29.8 Å². The van der Waals surface area contributed by atoms with Gasteiger partial charge >= 0.3 is 0 Å². The highest BCUT2D eigenvalue weighted by Crippen LogP contribution is 2.24. The van der Waals surface area contributed by atoms with Crippen LogP contribution in [0, 0.1) is 0 Å². The van der Waals surface area contributed by atoms with Gasteiger partial charge in [-0.15, -0.1) is 0 Å². The summed E-state index contributed by atoms with van der Waals surface area (Å²) in [4.78, 5) is 0. The van der Waals surface area contributed by atoms with Crippen LogP contribution in [0.2, 0.25) is 0 Å². The van der Waals surface area contributed by atoms with Crippen LogP contribution in [0.5, 0.6) is 5.75 Å². The van der Waals surface area contributed by atoms with Gasteiger partial charge in [0.25, 0.3) is 0 Å². The van der Waals surface area contributed by atoms with E-state index in [2.05, 4.69) is 24.4 Å². The summed E-state index contributed by atoms with van der Waals surface area (Å²) in [5.74, 6) is 0.899. The highest BCUT2D eigenvalue weighted by molar-refractivity contribution is 5.28. The smallest absolute Gasteiger partial charge is 0.118 e. The van der Waals surface area contributed by atoms with Crippen LogP contribution in [-0.4, -0.2) is 26.3 Å². The number of rotatable bonds is 11. The van der Waals surface area contributed by atoms with Crippen LogP contribution < -0.4 is 10.1 Å². The minimum Gasteiger partial charge on any atom is -0.497 e. The summed E-state index contributed by atoms with van der Waals surface area (Å²) in [5.41, 5.74) is 1.24. The SMILES string of the molecule is CCCCCCOC(CNC1CC1)c1ccc(OC)cc1. The molecule has 1 aliphatic rings. The summed E-state index contributed by atoms with van der Waals surface area (Å²) in [6, 6.07) is 8.98. The molecule has 1 aliphatic carbocycles. The van der Waals surface area contributed by atoms with Gasteiger partial charge in [-0.05, 0) is 37.0 Å². The van der Waals surface area contributed by atoms with Crippen molar-refractivity contribution in [3.8, 4) is 5.75 Å². The van der Waals surface area contributed by atoms with Crippen LogP contribution in [-0.2, 0) is 4.74 Å². The molecule has 2 rings (SSSR count). The van der Waals surface area contributed by atoms with Crippen molar-refractivity contribution >= 4 is 0 Å². The minimum atomic E-state index is 0.151. The van der Waals surface area contributed by atoms with Gasteiger partial charge in [-0.2, -0.15) is 0 Å². The Kier molecular flexibility index (Phi) is 7.04. The second-order valence-electron chi connectivity index (χ2n) is 5.88. The van der Waals surface area contributed by atoms with Crippen LogP contribution >= 0.6 is 0 Å². The summed E-state index contributed by atoms with van der Waals surface area (Å²) in [6.45, 7) is 3.99. The van der Waals surface area contributed by atoms with Crippen LogP contribution in [0.1, 0.15) is 57.1 Å². The zero-order valence-electron chi connectivity index (χ0n) is 13.4. The molecule has 1 aromatic carbocycles. The Morgan fingerprint density at radius 3 is 2.52 bits per heavy atom. The minimum absolute atomic E-state index is 0.151. The fourth-order valence-electron chi connectivity index (χ4n) is 2.41. The molecule has 1 aromatic rings. The van der Waals surface area contributed by atoms with E-state index in [1.54, 1.807) is 7.11 Å². The third kappa shape index (κ3) is 6.06. The average Bonchev–Trinajstić information content (AvgIpc) is 3.34. The molecule has 0 saturated heterocycles. The van der Waals surface area contributed by atoms with Gasteiger partial charge < -0.3 is 14.8 Å². The lowest BCUT2D eigenvalue weighted by molar-refractivity contribution is 0.0496. The summed E-state index contributed by atoms with van der Waals surface area (Å²) in [6.07, 6.45) is 7.77. The lowest BCUT2D eigenvalue weighted by Crippen LogP contribution is -2.25. The summed E-state index contributed by atoms with van der Waals surface area (Å²) >= 11 is 0. The van der Waals surface area contributed by atoms with E-state index in [9.17, 15) is 0 Å². The lowest BCUT2D eigenvalue weighted by atomic mass is 10.1. The molecule has 0 amide bonds. The molecule has 1 N–H and O–H groups in total. The summed E-state index contributed by atoms with van der Waals surface area (Å²) in [5, 5.41) is 3.58. The van der Waals surface area contributed by atoms with Gasteiger partial charge in [-0.1, -0.05) is 38.3 Å². The molecule has 1 saturated carbocycles. The lowest BCUT2D eigenvalue weighted by Gasteiger charge is -2.19. The van der Waals surface area contributed by atoms with E-state index in [0.29, 0.717) is 0 Å². The molecule has 0 spiro atoms. The molecule has 3 heteroatoms.